The summed E-state index contributed by atoms with van der Waals surface area (Å²) in [5.74, 6) is 0.141. The number of aliphatic hydroxyl groups excluding tert-OH is 1. The molecule has 2 unspecified atom stereocenters. The first kappa shape index (κ1) is 10.2. The van der Waals surface area contributed by atoms with Crippen molar-refractivity contribution < 1.29 is 5.11 Å². The second kappa shape index (κ2) is 4.94. The second-order valence-corrected chi connectivity index (χ2v) is 3.13. The molecule has 0 saturated carbocycles. The van der Waals surface area contributed by atoms with Crippen LogP contribution in [0, 0.1) is 5.92 Å². The first-order chi connectivity index (χ1) is 6.29. The van der Waals surface area contributed by atoms with Crippen LogP contribution in [-0.4, -0.2) is 16.6 Å². The summed E-state index contributed by atoms with van der Waals surface area (Å²) in [6.45, 7) is 2.54. The Kier molecular flexibility index (Phi) is 3.86. The lowest BCUT2D eigenvalue weighted by molar-refractivity contribution is 0.110. The molecule has 1 aromatic rings. The van der Waals surface area contributed by atoms with Crippen LogP contribution in [0.1, 0.15) is 25.0 Å². The highest BCUT2D eigenvalue weighted by Gasteiger charge is 2.16. The highest BCUT2D eigenvalue weighted by molar-refractivity contribution is 5.13. The number of hydrogen-bond acceptors (Lipinski definition) is 3. The van der Waals surface area contributed by atoms with E-state index in [0.717, 1.165) is 12.0 Å². The predicted molar refractivity (Wildman–Crippen MR) is 52.0 cm³/mol. The van der Waals surface area contributed by atoms with E-state index in [9.17, 15) is 5.11 Å². The smallest absolute Gasteiger partial charge is 0.0831 e. The molecule has 2 atom stereocenters. The average molecular weight is 180 g/mol. The highest BCUT2D eigenvalue weighted by atomic mass is 16.3. The summed E-state index contributed by atoms with van der Waals surface area (Å²) in [7, 11) is 0. The topological polar surface area (TPSA) is 59.1 Å². The number of nitrogens with zero attached hydrogens (tertiary/aromatic N) is 1. The summed E-state index contributed by atoms with van der Waals surface area (Å²) in [6.07, 6.45) is 3.79. The van der Waals surface area contributed by atoms with E-state index >= 15 is 0 Å². The van der Waals surface area contributed by atoms with Crippen LogP contribution in [0.3, 0.4) is 0 Å². The van der Waals surface area contributed by atoms with Crippen molar-refractivity contribution in [3.63, 3.8) is 0 Å². The van der Waals surface area contributed by atoms with Gasteiger partial charge < -0.3 is 10.8 Å². The molecule has 0 aromatic carbocycles. The molecule has 0 radical (unpaired) electrons. The molecule has 1 aromatic heterocycles. The molecule has 0 fully saturated rings. The molecule has 0 spiro atoms. The van der Waals surface area contributed by atoms with E-state index in [2.05, 4.69) is 4.98 Å². The normalized spacial score (nSPS) is 15.3. The van der Waals surface area contributed by atoms with E-state index in [1.807, 2.05) is 19.1 Å². The van der Waals surface area contributed by atoms with E-state index in [0.29, 0.717) is 6.54 Å². The lowest BCUT2D eigenvalue weighted by Crippen LogP contribution is -2.21. The fourth-order valence-corrected chi connectivity index (χ4v) is 1.35. The Balaban J connectivity index is 2.72. The summed E-state index contributed by atoms with van der Waals surface area (Å²) < 4.78 is 0. The third kappa shape index (κ3) is 2.50. The van der Waals surface area contributed by atoms with E-state index in [1.54, 1.807) is 12.4 Å². The van der Waals surface area contributed by atoms with Crippen molar-refractivity contribution in [3.8, 4) is 0 Å². The minimum atomic E-state index is -0.460. The summed E-state index contributed by atoms with van der Waals surface area (Å²) in [6, 6.07) is 3.64. The number of hydrogen-bond donors (Lipinski definition) is 2. The third-order valence-electron chi connectivity index (χ3n) is 2.32. The Morgan fingerprint density at radius 3 is 2.54 bits per heavy atom. The maximum atomic E-state index is 9.87. The van der Waals surface area contributed by atoms with Crippen LogP contribution in [0.4, 0.5) is 0 Å². The first-order valence-corrected chi connectivity index (χ1v) is 4.57. The van der Waals surface area contributed by atoms with Crippen molar-refractivity contribution in [1.29, 1.82) is 0 Å². The van der Waals surface area contributed by atoms with Gasteiger partial charge in [-0.05, 0) is 30.7 Å². The van der Waals surface area contributed by atoms with Crippen molar-refractivity contribution in [2.45, 2.75) is 19.4 Å². The van der Waals surface area contributed by atoms with Crippen LogP contribution >= 0.6 is 0 Å². The van der Waals surface area contributed by atoms with Gasteiger partial charge in [-0.25, -0.2) is 0 Å². The van der Waals surface area contributed by atoms with E-state index < -0.39 is 6.10 Å². The van der Waals surface area contributed by atoms with E-state index in [-0.39, 0.29) is 5.92 Å². The van der Waals surface area contributed by atoms with Gasteiger partial charge in [0.15, 0.2) is 0 Å². The van der Waals surface area contributed by atoms with Gasteiger partial charge in [0, 0.05) is 18.3 Å². The van der Waals surface area contributed by atoms with Gasteiger partial charge in [0.1, 0.15) is 0 Å². The van der Waals surface area contributed by atoms with Crippen LogP contribution in [0.2, 0.25) is 0 Å². The van der Waals surface area contributed by atoms with Gasteiger partial charge in [-0.1, -0.05) is 6.92 Å². The van der Waals surface area contributed by atoms with E-state index in [4.69, 9.17) is 5.73 Å². The van der Waals surface area contributed by atoms with Crippen LogP contribution < -0.4 is 5.73 Å². The maximum absolute atomic E-state index is 9.87. The lowest BCUT2D eigenvalue weighted by Gasteiger charge is -2.19. The molecular weight excluding hydrogens is 164 g/mol. The van der Waals surface area contributed by atoms with Gasteiger partial charge in [-0.3, -0.25) is 4.98 Å². The highest BCUT2D eigenvalue weighted by Crippen LogP contribution is 2.22. The molecule has 1 rings (SSSR count). The van der Waals surface area contributed by atoms with Crippen LogP contribution in [0.5, 0.6) is 0 Å². The summed E-state index contributed by atoms with van der Waals surface area (Å²) in [4.78, 5) is 3.90. The molecule has 3 N–H and O–H groups in total. The zero-order valence-corrected chi connectivity index (χ0v) is 7.85. The van der Waals surface area contributed by atoms with Crippen molar-refractivity contribution in [2.24, 2.45) is 11.7 Å². The zero-order valence-electron chi connectivity index (χ0n) is 7.85. The molecule has 0 bridgehead atoms. The van der Waals surface area contributed by atoms with Crippen molar-refractivity contribution in [3.05, 3.63) is 30.1 Å². The van der Waals surface area contributed by atoms with Gasteiger partial charge in [0.05, 0.1) is 6.10 Å². The quantitative estimate of drug-likeness (QED) is 0.729. The predicted octanol–water partition coefficient (Wildman–Crippen LogP) is 1.10. The number of pyridine rings is 1. The molecule has 0 aliphatic carbocycles. The number of rotatable bonds is 4. The van der Waals surface area contributed by atoms with Crippen molar-refractivity contribution in [1.82, 2.24) is 4.98 Å². The molecule has 3 heteroatoms. The van der Waals surface area contributed by atoms with Gasteiger partial charge in [0.2, 0.25) is 0 Å². The third-order valence-corrected chi connectivity index (χ3v) is 2.32. The van der Waals surface area contributed by atoms with Crippen molar-refractivity contribution in [2.75, 3.05) is 6.54 Å². The zero-order chi connectivity index (χ0) is 9.68. The Morgan fingerprint density at radius 2 is 2.08 bits per heavy atom. The summed E-state index contributed by atoms with van der Waals surface area (Å²) in [5, 5.41) is 9.87. The maximum Gasteiger partial charge on any atom is 0.0831 e. The Labute approximate surface area is 78.6 Å². The standard InChI is InChI=1S/C10H16N2O/c1-2-8(7-11)10(13)9-3-5-12-6-4-9/h3-6,8,10,13H,2,7,11H2,1H3. The van der Waals surface area contributed by atoms with Gasteiger partial charge in [0.25, 0.3) is 0 Å². The summed E-state index contributed by atoms with van der Waals surface area (Å²) >= 11 is 0. The largest absolute Gasteiger partial charge is 0.388 e. The minimum Gasteiger partial charge on any atom is -0.388 e. The average Bonchev–Trinajstić information content (AvgIpc) is 2.21. The molecule has 13 heavy (non-hydrogen) atoms. The summed E-state index contributed by atoms with van der Waals surface area (Å²) in [5.41, 5.74) is 6.44. The number of nitrogens with two attached hydrogens (primary N) is 1. The minimum absolute atomic E-state index is 0.141. The SMILES string of the molecule is CCC(CN)C(O)c1ccncc1. The molecular formula is C10H16N2O. The number of aliphatic hydroxyl groups is 1. The second-order valence-electron chi connectivity index (χ2n) is 3.13. The molecule has 72 valence electrons. The van der Waals surface area contributed by atoms with Gasteiger partial charge >= 0.3 is 0 Å². The molecule has 0 amide bonds. The lowest BCUT2D eigenvalue weighted by atomic mass is 9.94. The fraction of sp³-hybridized carbons (Fsp3) is 0.500. The van der Waals surface area contributed by atoms with Crippen LogP contribution in [-0.2, 0) is 0 Å². The van der Waals surface area contributed by atoms with Crippen molar-refractivity contribution >= 4 is 0 Å². The van der Waals surface area contributed by atoms with Crippen LogP contribution in [0.25, 0.3) is 0 Å². The Morgan fingerprint density at radius 1 is 1.46 bits per heavy atom. The Bertz CT molecular complexity index is 234. The molecule has 0 saturated heterocycles. The number of aromatic nitrogens is 1. The van der Waals surface area contributed by atoms with Gasteiger partial charge in [-0.2, -0.15) is 0 Å². The monoisotopic (exact) mass is 180 g/mol. The molecule has 0 aliphatic heterocycles. The van der Waals surface area contributed by atoms with Crippen LogP contribution in [0.15, 0.2) is 24.5 Å². The van der Waals surface area contributed by atoms with E-state index in [1.165, 1.54) is 0 Å². The van der Waals surface area contributed by atoms with Gasteiger partial charge in [-0.15, -0.1) is 0 Å². The molecule has 3 nitrogen and oxygen atoms in total. The molecule has 0 aliphatic rings. The fourth-order valence-electron chi connectivity index (χ4n) is 1.35. The first-order valence-electron chi connectivity index (χ1n) is 4.57. The Hall–Kier alpha value is -0.930. The molecule has 1 heterocycles.